The molecule has 1 saturated carbocycles. The van der Waals surface area contributed by atoms with E-state index in [4.69, 9.17) is 4.74 Å². The number of hydrogen-bond donors (Lipinski definition) is 0. The summed E-state index contributed by atoms with van der Waals surface area (Å²) in [5, 5.41) is 0. The zero-order valence-corrected chi connectivity index (χ0v) is 11.7. The minimum absolute atomic E-state index is 0.0942. The molecule has 5 heteroatoms. The minimum Gasteiger partial charge on any atom is -0.375 e. The van der Waals surface area contributed by atoms with Gasteiger partial charge in [0, 0.05) is 25.6 Å². The number of carbonyl (C=O) groups is 2. The molecule has 2 heterocycles. The Hall–Kier alpha value is -1.10. The number of likely N-dealkylation sites (tertiary alicyclic amines) is 1. The Labute approximate surface area is 113 Å². The van der Waals surface area contributed by atoms with E-state index in [1.165, 1.54) is 0 Å². The predicted octanol–water partition coefficient (Wildman–Crippen LogP) is 0.633. The lowest BCUT2D eigenvalue weighted by molar-refractivity contribution is -0.147. The van der Waals surface area contributed by atoms with Gasteiger partial charge in [0.15, 0.2) is 0 Å². The van der Waals surface area contributed by atoms with Crippen molar-refractivity contribution in [2.24, 2.45) is 5.92 Å². The van der Waals surface area contributed by atoms with Crippen molar-refractivity contribution in [3.05, 3.63) is 0 Å². The SMILES string of the molecule is C[C@@H]1CN(C(=O)[C@@H]2CC(=O)N(C3CC3)C2)[C@H](C)CO1. The fourth-order valence-electron chi connectivity index (χ4n) is 3.08. The average molecular weight is 266 g/mol. The molecule has 2 saturated heterocycles. The highest BCUT2D eigenvalue weighted by atomic mass is 16.5. The van der Waals surface area contributed by atoms with Crippen LogP contribution in [0.25, 0.3) is 0 Å². The molecule has 3 aliphatic rings. The molecule has 0 aromatic rings. The third-order valence-corrected chi connectivity index (χ3v) is 4.39. The normalized spacial score (nSPS) is 35.9. The molecule has 1 aliphatic carbocycles. The van der Waals surface area contributed by atoms with Crippen LogP contribution in [0.1, 0.15) is 33.1 Å². The van der Waals surface area contributed by atoms with Crippen LogP contribution in [0.4, 0.5) is 0 Å². The quantitative estimate of drug-likeness (QED) is 0.737. The van der Waals surface area contributed by atoms with E-state index in [1.807, 2.05) is 23.6 Å². The van der Waals surface area contributed by atoms with Gasteiger partial charge in [0.2, 0.25) is 11.8 Å². The number of rotatable bonds is 2. The lowest BCUT2D eigenvalue weighted by Crippen LogP contribution is -2.52. The first-order chi connectivity index (χ1) is 9.06. The number of ether oxygens (including phenoxy) is 1. The second kappa shape index (κ2) is 4.78. The third-order valence-electron chi connectivity index (χ3n) is 4.39. The zero-order chi connectivity index (χ0) is 13.6. The smallest absolute Gasteiger partial charge is 0.228 e. The van der Waals surface area contributed by atoms with Gasteiger partial charge in [-0.25, -0.2) is 0 Å². The largest absolute Gasteiger partial charge is 0.375 e. The summed E-state index contributed by atoms with van der Waals surface area (Å²) in [5.41, 5.74) is 0. The molecule has 106 valence electrons. The van der Waals surface area contributed by atoms with Crippen LogP contribution >= 0.6 is 0 Å². The molecule has 2 amide bonds. The summed E-state index contributed by atoms with van der Waals surface area (Å²) in [7, 11) is 0. The van der Waals surface area contributed by atoms with Crippen molar-refractivity contribution in [3.63, 3.8) is 0 Å². The molecular formula is C14H22N2O3. The van der Waals surface area contributed by atoms with Crippen molar-refractivity contribution in [1.82, 2.24) is 9.80 Å². The number of nitrogens with zero attached hydrogens (tertiary/aromatic N) is 2. The fourth-order valence-corrected chi connectivity index (χ4v) is 3.08. The Morgan fingerprint density at radius 1 is 1.26 bits per heavy atom. The van der Waals surface area contributed by atoms with Gasteiger partial charge in [0.25, 0.3) is 0 Å². The maximum atomic E-state index is 12.6. The minimum atomic E-state index is -0.138. The molecule has 0 aromatic heterocycles. The Morgan fingerprint density at radius 2 is 2.00 bits per heavy atom. The Bertz CT molecular complexity index is 394. The van der Waals surface area contributed by atoms with E-state index in [0.717, 1.165) is 12.8 Å². The molecule has 0 N–H and O–H groups in total. The molecule has 2 aliphatic heterocycles. The lowest BCUT2D eigenvalue weighted by Gasteiger charge is -2.38. The van der Waals surface area contributed by atoms with Gasteiger partial charge < -0.3 is 14.5 Å². The number of morpholine rings is 1. The van der Waals surface area contributed by atoms with E-state index in [1.54, 1.807) is 0 Å². The number of amides is 2. The van der Waals surface area contributed by atoms with Crippen molar-refractivity contribution < 1.29 is 14.3 Å². The van der Waals surface area contributed by atoms with E-state index in [0.29, 0.717) is 32.2 Å². The first-order valence-corrected chi connectivity index (χ1v) is 7.28. The summed E-state index contributed by atoms with van der Waals surface area (Å²) in [4.78, 5) is 28.3. The summed E-state index contributed by atoms with van der Waals surface area (Å²) >= 11 is 0. The summed E-state index contributed by atoms with van der Waals surface area (Å²) in [6, 6.07) is 0.542. The van der Waals surface area contributed by atoms with Gasteiger partial charge in [0.05, 0.1) is 24.7 Å². The highest BCUT2D eigenvalue weighted by Gasteiger charge is 2.43. The first-order valence-electron chi connectivity index (χ1n) is 7.28. The molecule has 0 bridgehead atoms. The average Bonchev–Trinajstić information content (AvgIpc) is 3.15. The summed E-state index contributed by atoms with van der Waals surface area (Å²) < 4.78 is 5.55. The van der Waals surface area contributed by atoms with Crippen LogP contribution < -0.4 is 0 Å². The number of hydrogen-bond acceptors (Lipinski definition) is 3. The zero-order valence-electron chi connectivity index (χ0n) is 11.7. The summed E-state index contributed by atoms with van der Waals surface area (Å²) in [6.07, 6.45) is 2.71. The molecule has 0 unspecified atom stereocenters. The van der Waals surface area contributed by atoms with Gasteiger partial charge in [-0.3, -0.25) is 9.59 Å². The summed E-state index contributed by atoms with van der Waals surface area (Å²) in [5.74, 6) is 0.162. The second-order valence-electron chi connectivity index (χ2n) is 6.16. The Balaban J connectivity index is 1.65. The molecule has 3 atom stereocenters. The fraction of sp³-hybridized carbons (Fsp3) is 0.857. The predicted molar refractivity (Wildman–Crippen MR) is 69.4 cm³/mol. The molecule has 3 fully saturated rings. The number of carbonyl (C=O) groups excluding carboxylic acids is 2. The molecule has 0 radical (unpaired) electrons. The van der Waals surface area contributed by atoms with Gasteiger partial charge >= 0.3 is 0 Å². The summed E-state index contributed by atoms with van der Waals surface area (Å²) in [6.45, 7) is 5.87. The highest BCUT2D eigenvalue weighted by molar-refractivity contribution is 5.89. The Morgan fingerprint density at radius 3 is 2.68 bits per heavy atom. The maximum absolute atomic E-state index is 12.6. The van der Waals surface area contributed by atoms with Crippen molar-refractivity contribution in [1.29, 1.82) is 0 Å². The van der Waals surface area contributed by atoms with Crippen LogP contribution in [-0.4, -0.2) is 59.5 Å². The van der Waals surface area contributed by atoms with Crippen molar-refractivity contribution >= 4 is 11.8 Å². The lowest BCUT2D eigenvalue weighted by atomic mass is 10.0. The van der Waals surface area contributed by atoms with Gasteiger partial charge in [-0.1, -0.05) is 0 Å². The molecular weight excluding hydrogens is 244 g/mol. The van der Waals surface area contributed by atoms with Gasteiger partial charge in [-0.05, 0) is 26.7 Å². The third kappa shape index (κ3) is 2.48. The molecule has 19 heavy (non-hydrogen) atoms. The van der Waals surface area contributed by atoms with Crippen LogP contribution in [0.15, 0.2) is 0 Å². The van der Waals surface area contributed by atoms with Crippen LogP contribution in [0.2, 0.25) is 0 Å². The van der Waals surface area contributed by atoms with Crippen molar-refractivity contribution in [2.75, 3.05) is 19.7 Å². The molecule has 0 spiro atoms. The van der Waals surface area contributed by atoms with Crippen LogP contribution in [0.5, 0.6) is 0 Å². The van der Waals surface area contributed by atoms with Crippen LogP contribution in [0.3, 0.4) is 0 Å². The second-order valence-corrected chi connectivity index (χ2v) is 6.16. The standard InChI is InChI=1S/C14H22N2O3/c1-9-8-19-10(2)6-15(9)14(18)11-5-13(17)16(7-11)12-3-4-12/h9-12H,3-8H2,1-2H3/t9-,10-,11-/m1/s1. The topological polar surface area (TPSA) is 49.9 Å². The van der Waals surface area contributed by atoms with E-state index in [9.17, 15) is 9.59 Å². The highest BCUT2D eigenvalue weighted by Crippen LogP contribution is 2.33. The first kappa shape index (κ1) is 12.9. The maximum Gasteiger partial charge on any atom is 0.228 e. The molecule has 0 aromatic carbocycles. The van der Waals surface area contributed by atoms with Crippen molar-refractivity contribution in [2.45, 2.75) is 51.3 Å². The van der Waals surface area contributed by atoms with Gasteiger partial charge in [0.1, 0.15) is 0 Å². The molecule has 5 nitrogen and oxygen atoms in total. The van der Waals surface area contributed by atoms with Gasteiger partial charge in [-0.15, -0.1) is 0 Å². The van der Waals surface area contributed by atoms with E-state index in [-0.39, 0.29) is 29.9 Å². The van der Waals surface area contributed by atoms with Crippen LogP contribution in [0, 0.1) is 5.92 Å². The van der Waals surface area contributed by atoms with E-state index in [2.05, 4.69) is 0 Å². The monoisotopic (exact) mass is 266 g/mol. The van der Waals surface area contributed by atoms with E-state index < -0.39 is 0 Å². The Kier molecular flexibility index (Phi) is 3.25. The van der Waals surface area contributed by atoms with Crippen molar-refractivity contribution in [3.8, 4) is 0 Å². The molecule has 3 rings (SSSR count). The van der Waals surface area contributed by atoms with Crippen LogP contribution in [-0.2, 0) is 14.3 Å². The van der Waals surface area contributed by atoms with Gasteiger partial charge in [-0.2, -0.15) is 0 Å². The van der Waals surface area contributed by atoms with E-state index >= 15 is 0 Å².